The molecule has 3 aliphatic rings. The molecule has 4 rings (SSSR count). The predicted molar refractivity (Wildman–Crippen MR) is 158 cm³/mol. The van der Waals surface area contributed by atoms with E-state index in [1.807, 2.05) is 0 Å². The fraction of sp³-hybridized carbons (Fsp3) is 0.645. The lowest BCUT2D eigenvalue weighted by Gasteiger charge is -2.32. The van der Waals surface area contributed by atoms with E-state index < -0.39 is 41.5 Å². The van der Waals surface area contributed by atoms with Gasteiger partial charge in [0, 0.05) is 53.1 Å². The van der Waals surface area contributed by atoms with Crippen molar-refractivity contribution in [2.75, 3.05) is 46.9 Å². The fourth-order valence-corrected chi connectivity index (χ4v) is 5.89. The van der Waals surface area contributed by atoms with Crippen molar-refractivity contribution in [3.63, 3.8) is 0 Å². The zero-order valence-electron chi connectivity index (χ0n) is 26.3. The normalized spacial score (nSPS) is 24.1. The molecule has 1 N–H and O–H groups in total. The quantitative estimate of drug-likeness (QED) is 0.540. The number of amides is 5. The third kappa shape index (κ3) is 8.17. The Balaban J connectivity index is 1.62. The van der Waals surface area contributed by atoms with Gasteiger partial charge in [-0.25, -0.2) is 9.18 Å². The molecule has 44 heavy (non-hydrogen) atoms. The molecule has 5 amide bonds. The average Bonchev–Trinajstić information content (AvgIpc) is 3.63. The topological polar surface area (TPSA) is 129 Å². The maximum Gasteiger partial charge on any atom is 0.407 e. The molecule has 2 saturated heterocycles. The van der Waals surface area contributed by atoms with Gasteiger partial charge in [-0.05, 0) is 64.7 Å². The average molecular weight is 618 g/mol. The minimum absolute atomic E-state index is 0.0205. The van der Waals surface area contributed by atoms with Gasteiger partial charge in [0.1, 0.15) is 29.8 Å². The van der Waals surface area contributed by atoms with Gasteiger partial charge in [0.25, 0.3) is 5.91 Å². The van der Waals surface area contributed by atoms with Gasteiger partial charge in [-0.15, -0.1) is 0 Å². The standard InChI is InChI=1S/C31H44FN5O7/c1-31(2,3)44-30(42)33-21-17-22-19-43-25-10-8-20(32)16-23(25)28(40)35(5)24(29(41)36-13-6-7-14-36)9-11-26(38)34(4)15-12-27(39)37(22)18-21/h8,10,16,21-22,24H,6-7,9,11-15,17-19H2,1-5H3,(H,33,42)/t21-,22+,24+/m1/s1. The number of halogens is 1. The Bertz CT molecular complexity index is 1260. The number of nitrogens with one attached hydrogen (secondary N) is 1. The largest absolute Gasteiger partial charge is 0.491 e. The molecule has 12 nitrogen and oxygen atoms in total. The second-order valence-corrected chi connectivity index (χ2v) is 12.8. The molecule has 0 unspecified atom stereocenters. The van der Waals surface area contributed by atoms with Crippen LogP contribution < -0.4 is 10.1 Å². The van der Waals surface area contributed by atoms with Crippen molar-refractivity contribution in [2.24, 2.45) is 0 Å². The molecule has 3 aliphatic heterocycles. The van der Waals surface area contributed by atoms with Crippen molar-refractivity contribution in [1.29, 1.82) is 0 Å². The lowest BCUT2D eigenvalue weighted by atomic mass is 10.1. The molecule has 0 bridgehead atoms. The van der Waals surface area contributed by atoms with Crippen molar-refractivity contribution >= 4 is 29.7 Å². The maximum atomic E-state index is 14.5. The number of benzene rings is 1. The van der Waals surface area contributed by atoms with Crippen molar-refractivity contribution in [3.05, 3.63) is 29.6 Å². The predicted octanol–water partition coefficient (Wildman–Crippen LogP) is 2.40. The molecular weight excluding hydrogens is 573 g/mol. The number of alkyl carbamates (subject to hydrolysis) is 1. The van der Waals surface area contributed by atoms with E-state index in [-0.39, 0.29) is 68.0 Å². The van der Waals surface area contributed by atoms with E-state index in [0.29, 0.717) is 19.5 Å². The van der Waals surface area contributed by atoms with Gasteiger partial charge in [0.15, 0.2) is 0 Å². The Morgan fingerprint density at radius 1 is 1.02 bits per heavy atom. The van der Waals surface area contributed by atoms with E-state index in [0.717, 1.165) is 18.9 Å². The number of carbonyl (C=O) groups is 5. The number of rotatable bonds is 2. The van der Waals surface area contributed by atoms with E-state index in [1.165, 1.54) is 29.0 Å². The van der Waals surface area contributed by atoms with Crippen LogP contribution in [0.4, 0.5) is 9.18 Å². The summed E-state index contributed by atoms with van der Waals surface area (Å²) in [5.41, 5.74) is -0.764. The number of likely N-dealkylation sites (N-methyl/N-ethyl adjacent to an activating group) is 1. The van der Waals surface area contributed by atoms with Crippen LogP contribution in [0.25, 0.3) is 0 Å². The van der Waals surface area contributed by atoms with Crippen LogP contribution in [-0.4, -0.2) is 120 Å². The Labute approximate surface area is 257 Å². The summed E-state index contributed by atoms with van der Waals surface area (Å²) in [4.78, 5) is 72.3. The summed E-state index contributed by atoms with van der Waals surface area (Å²) in [6.45, 7) is 6.76. The number of nitrogens with zero attached hydrogens (tertiary/aromatic N) is 4. The molecule has 3 atom stereocenters. The van der Waals surface area contributed by atoms with E-state index in [1.54, 1.807) is 37.6 Å². The smallest absolute Gasteiger partial charge is 0.407 e. The third-order valence-corrected chi connectivity index (χ3v) is 8.27. The van der Waals surface area contributed by atoms with Crippen LogP contribution in [0.15, 0.2) is 18.2 Å². The first-order valence-corrected chi connectivity index (χ1v) is 15.2. The number of carbonyl (C=O) groups excluding carboxylic acids is 5. The maximum absolute atomic E-state index is 14.5. The van der Waals surface area contributed by atoms with Gasteiger partial charge in [-0.3, -0.25) is 19.2 Å². The summed E-state index contributed by atoms with van der Waals surface area (Å²) in [5.74, 6) is -1.90. The number of ether oxygens (including phenoxy) is 2. The zero-order valence-corrected chi connectivity index (χ0v) is 26.3. The van der Waals surface area contributed by atoms with Gasteiger partial charge in [0.05, 0.1) is 17.6 Å². The van der Waals surface area contributed by atoms with E-state index in [9.17, 15) is 28.4 Å². The van der Waals surface area contributed by atoms with E-state index >= 15 is 0 Å². The Morgan fingerprint density at radius 3 is 2.41 bits per heavy atom. The van der Waals surface area contributed by atoms with Crippen molar-refractivity contribution in [3.8, 4) is 5.75 Å². The van der Waals surface area contributed by atoms with Crippen LogP contribution in [0, 0.1) is 5.82 Å². The van der Waals surface area contributed by atoms with E-state index in [4.69, 9.17) is 9.47 Å². The highest BCUT2D eigenvalue weighted by Gasteiger charge is 2.38. The number of fused-ring (bicyclic) bond motifs is 2. The fourth-order valence-electron chi connectivity index (χ4n) is 5.89. The van der Waals surface area contributed by atoms with Crippen LogP contribution >= 0.6 is 0 Å². The molecule has 13 heteroatoms. The lowest BCUT2D eigenvalue weighted by Crippen LogP contribution is -2.49. The van der Waals surface area contributed by atoms with Crippen LogP contribution in [0.1, 0.15) is 69.7 Å². The molecule has 242 valence electrons. The Morgan fingerprint density at radius 2 is 1.73 bits per heavy atom. The van der Waals surface area contributed by atoms with Gasteiger partial charge in [-0.1, -0.05) is 0 Å². The van der Waals surface area contributed by atoms with Gasteiger partial charge in [0.2, 0.25) is 17.7 Å². The zero-order chi connectivity index (χ0) is 32.2. The Kier molecular flexibility index (Phi) is 10.4. The summed E-state index contributed by atoms with van der Waals surface area (Å²) in [6, 6.07) is 1.77. The minimum Gasteiger partial charge on any atom is -0.491 e. The molecule has 2 fully saturated rings. The van der Waals surface area contributed by atoms with Crippen LogP contribution in [0.2, 0.25) is 0 Å². The summed E-state index contributed by atoms with van der Waals surface area (Å²) >= 11 is 0. The van der Waals surface area contributed by atoms with Crippen LogP contribution in [0.5, 0.6) is 5.75 Å². The van der Waals surface area contributed by atoms with Crippen LogP contribution in [0.3, 0.4) is 0 Å². The first-order valence-electron chi connectivity index (χ1n) is 15.2. The molecule has 1 aromatic carbocycles. The molecule has 0 spiro atoms. The molecule has 0 aromatic heterocycles. The monoisotopic (exact) mass is 617 g/mol. The third-order valence-electron chi connectivity index (χ3n) is 8.27. The van der Waals surface area contributed by atoms with Crippen molar-refractivity contribution < 1.29 is 37.8 Å². The second-order valence-electron chi connectivity index (χ2n) is 12.8. The van der Waals surface area contributed by atoms with E-state index in [2.05, 4.69) is 5.32 Å². The first-order chi connectivity index (χ1) is 20.7. The highest BCUT2D eigenvalue weighted by Crippen LogP contribution is 2.27. The summed E-state index contributed by atoms with van der Waals surface area (Å²) in [5, 5.41) is 2.82. The molecule has 1 aromatic rings. The molecular formula is C31H44FN5O7. The van der Waals surface area contributed by atoms with Crippen LogP contribution in [-0.2, 0) is 19.1 Å². The number of hydrogen-bond donors (Lipinski definition) is 1. The van der Waals surface area contributed by atoms with Gasteiger partial charge in [-0.2, -0.15) is 0 Å². The first kappa shape index (κ1) is 33.0. The van der Waals surface area contributed by atoms with Crippen molar-refractivity contribution in [1.82, 2.24) is 24.9 Å². The van der Waals surface area contributed by atoms with Gasteiger partial charge < -0.3 is 34.4 Å². The van der Waals surface area contributed by atoms with Crippen molar-refractivity contribution in [2.45, 2.75) is 83.0 Å². The minimum atomic E-state index is -0.936. The summed E-state index contributed by atoms with van der Waals surface area (Å²) in [7, 11) is 3.08. The summed E-state index contributed by atoms with van der Waals surface area (Å²) in [6.07, 6.45) is 1.58. The summed E-state index contributed by atoms with van der Waals surface area (Å²) < 4.78 is 25.9. The Hall–Kier alpha value is -3.90. The molecule has 0 saturated carbocycles. The number of likely N-dealkylation sites (tertiary alicyclic amines) is 1. The highest BCUT2D eigenvalue weighted by molar-refractivity contribution is 5.99. The molecule has 0 radical (unpaired) electrons. The lowest BCUT2D eigenvalue weighted by molar-refractivity contribution is -0.136. The number of hydrogen-bond acceptors (Lipinski definition) is 7. The van der Waals surface area contributed by atoms with Gasteiger partial charge >= 0.3 is 6.09 Å². The SMILES string of the molecule is CN1CCC(=O)N2C[C@H](NC(=O)OC(C)(C)C)C[C@H]2COc2ccc(F)cc2C(=O)N(C)[C@H](C(=O)N2CCCC2)CCC1=O. The second kappa shape index (κ2) is 13.8. The molecule has 3 heterocycles. The highest BCUT2D eigenvalue weighted by atomic mass is 19.1. The molecule has 0 aliphatic carbocycles.